The Morgan fingerprint density at radius 3 is 2.60 bits per heavy atom. The third-order valence-corrected chi connectivity index (χ3v) is 2.82. The fourth-order valence-electron chi connectivity index (χ4n) is 1.83. The zero-order chi connectivity index (χ0) is 15.1. The number of carbonyl (C=O) groups is 2. The average molecular weight is 281 g/mol. The SMILES string of the molecule is CCOC(=O)CCN(C(=O)c1cccc(F)c1)C(C)C. The Balaban J connectivity index is 2.75. The van der Waals surface area contributed by atoms with Gasteiger partial charge in [0.2, 0.25) is 0 Å². The van der Waals surface area contributed by atoms with Crippen LogP contribution in [0.5, 0.6) is 0 Å². The van der Waals surface area contributed by atoms with E-state index in [2.05, 4.69) is 0 Å². The first-order valence-electron chi connectivity index (χ1n) is 6.67. The summed E-state index contributed by atoms with van der Waals surface area (Å²) in [6.07, 6.45) is 0.132. The summed E-state index contributed by atoms with van der Waals surface area (Å²) in [6, 6.07) is 5.45. The fourth-order valence-corrected chi connectivity index (χ4v) is 1.83. The van der Waals surface area contributed by atoms with Gasteiger partial charge in [-0.25, -0.2) is 4.39 Å². The van der Waals surface area contributed by atoms with Crippen molar-refractivity contribution in [3.63, 3.8) is 0 Å². The van der Waals surface area contributed by atoms with E-state index in [1.807, 2.05) is 13.8 Å². The predicted octanol–water partition coefficient (Wildman–Crippen LogP) is 2.63. The van der Waals surface area contributed by atoms with Crippen LogP contribution in [-0.4, -0.2) is 36.0 Å². The van der Waals surface area contributed by atoms with Crippen molar-refractivity contribution in [2.24, 2.45) is 0 Å². The van der Waals surface area contributed by atoms with Crippen LogP contribution in [0, 0.1) is 5.82 Å². The molecule has 0 radical (unpaired) electrons. The van der Waals surface area contributed by atoms with Gasteiger partial charge in [0.05, 0.1) is 13.0 Å². The van der Waals surface area contributed by atoms with Gasteiger partial charge in [-0.1, -0.05) is 6.07 Å². The van der Waals surface area contributed by atoms with Crippen molar-refractivity contribution in [2.75, 3.05) is 13.2 Å². The number of hydrogen-bond acceptors (Lipinski definition) is 3. The van der Waals surface area contributed by atoms with E-state index in [1.54, 1.807) is 13.0 Å². The molecule has 110 valence electrons. The minimum absolute atomic E-state index is 0.0832. The molecule has 0 fully saturated rings. The first-order chi connectivity index (χ1) is 9.45. The molecule has 1 aromatic carbocycles. The van der Waals surface area contributed by atoms with E-state index in [1.165, 1.54) is 23.1 Å². The summed E-state index contributed by atoms with van der Waals surface area (Å²) < 4.78 is 18.0. The van der Waals surface area contributed by atoms with Crippen LogP contribution in [0.4, 0.5) is 4.39 Å². The summed E-state index contributed by atoms with van der Waals surface area (Å²) in [7, 11) is 0. The second kappa shape index (κ2) is 7.62. The Kier molecular flexibility index (Phi) is 6.15. The lowest BCUT2D eigenvalue weighted by Gasteiger charge is -2.26. The van der Waals surface area contributed by atoms with Crippen molar-refractivity contribution >= 4 is 11.9 Å². The first-order valence-corrected chi connectivity index (χ1v) is 6.67. The molecule has 1 rings (SSSR count). The van der Waals surface area contributed by atoms with Gasteiger partial charge in [-0.2, -0.15) is 0 Å². The lowest BCUT2D eigenvalue weighted by molar-refractivity contribution is -0.143. The van der Waals surface area contributed by atoms with Gasteiger partial charge >= 0.3 is 5.97 Å². The molecule has 20 heavy (non-hydrogen) atoms. The van der Waals surface area contributed by atoms with Crippen molar-refractivity contribution in [1.29, 1.82) is 0 Å². The van der Waals surface area contributed by atoms with Gasteiger partial charge in [0.1, 0.15) is 5.82 Å². The Morgan fingerprint density at radius 2 is 2.05 bits per heavy atom. The molecule has 0 atom stereocenters. The molecule has 0 aliphatic rings. The molecular formula is C15H20FNO3. The largest absolute Gasteiger partial charge is 0.466 e. The molecule has 0 saturated carbocycles. The van der Waals surface area contributed by atoms with E-state index >= 15 is 0 Å². The van der Waals surface area contributed by atoms with Crippen LogP contribution >= 0.6 is 0 Å². The smallest absolute Gasteiger partial charge is 0.307 e. The van der Waals surface area contributed by atoms with Gasteiger partial charge < -0.3 is 9.64 Å². The number of ether oxygens (including phenoxy) is 1. The lowest BCUT2D eigenvalue weighted by atomic mass is 10.1. The van der Waals surface area contributed by atoms with Crippen molar-refractivity contribution in [1.82, 2.24) is 4.90 Å². The number of esters is 1. The summed E-state index contributed by atoms with van der Waals surface area (Å²) in [5.74, 6) is -1.08. The van der Waals surface area contributed by atoms with E-state index in [9.17, 15) is 14.0 Å². The Hall–Kier alpha value is -1.91. The van der Waals surface area contributed by atoms with Crippen LogP contribution in [0.1, 0.15) is 37.6 Å². The second-order valence-electron chi connectivity index (χ2n) is 4.66. The summed E-state index contributed by atoms with van der Waals surface area (Å²) in [6.45, 7) is 6.00. The number of nitrogens with zero attached hydrogens (tertiary/aromatic N) is 1. The zero-order valence-electron chi connectivity index (χ0n) is 12.1. The van der Waals surface area contributed by atoms with Crippen molar-refractivity contribution in [3.8, 4) is 0 Å². The third kappa shape index (κ3) is 4.64. The highest BCUT2D eigenvalue weighted by atomic mass is 19.1. The third-order valence-electron chi connectivity index (χ3n) is 2.82. The molecule has 0 saturated heterocycles. The molecule has 1 amide bonds. The molecule has 0 spiro atoms. The Labute approximate surface area is 118 Å². The number of hydrogen-bond donors (Lipinski definition) is 0. The maximum Gasteiger partial charge on any atom is 0.307 e. The topological polar surface area (TPSA) is 46.6 Å². The number of benzene rings is 1. The first kappa shape index (κ1) is 16.1. The molecule has 0 heterocycles. The molecular weight excluding hydrogens is 261 g/mol. The molecule has 0 bridgehead atoms. The van der Waals surface area contributed by atoms with E-state index < -0.39 is 5.82 Å². The molecule has 4 nitrogen and oxygen atoms in total. The molecule has 0 N–H and O–H groups in total. The van der Waals surface area contributed by atoms with Crippen molar-refractivity contribution in [3.05, 3.63) is 35.6 Å². The minimum atomic E-state index is -0.454. The minimum Gasteiger partial charge on any atom is -0.466 e. The summed E-state index contributed by atoms with van der Waals surface area (Å²) in [5, 5.41) is 0. The van der Waals surface area contributed by atoms with Crippen molar-refractivity contribution < 1.29 is 18.7 Å². The van der Waals surface area contributed by atoms with Crippen molar-refractivity contribution in [2.45, 2.75) is 33.2 Å². The van der Waals surface area contributed by atoms with Gasteiger partial charge in [-0.3, -0.25) is 9.59 Å². The summed E-state index contributed by atoms with van der Waals surface area (Å²) in [5.41, 5.74) is 0.280. The number of halogens is 1. The molecule has 0 aliphatic heterocycles. The van der Waals surface area contributed by atoms with Gasteiger partial charge in [0.15, 0.2) is 0 Å². The Bertz CT molecular complexity index is 474. The highest BCUT2D eigenvalue weighted by molar-refractivity contribution is 5.94. The van der Waals surface area contributed by atoms with Crippen LogP contribution < -0.4 is 0 Å². The quantitative estimate of drug-likeness (QED) is 0.753. The monoisotopic (exact) mass is 281 g/mol. The normalized spacial score (nSPS) is 10.4. The van der Waals surface area contributed by atoms with Gasteiger partial charge in [-0.15, -0.1) is 0 Å². The summed E-state index contributed by atoms with van der Waals surface area (Å²) >= 11 is 0. The highest BCUT2D eigenvalue weighted by Crippen LogP contribution is 2.11. The second-order valence-corrected chi connectivity index (χ2v) is 4.66. The standard InChI is InChI=1S/C15H20FNO3/c1-4-20-14(18)8-9-17(11(2)3)15(19)12-6-5-7-13(16)10-12/h5-7,10-11H,4,8-9H2,1-3H3. The Morgan fingerprint density at radius 1 is 1.35 bits per heavy atom. The molecule has 0 unspecified atom stereocenters. The van der Waals surface area contributed by atoms with Gasteiger partial charge in [0, 0.05) is 18.2 Å². The van der Waals surface area contributed by atoms with E-state index in [4.69, 9.17) is 4.74 Å². The lowest BCUT2D eigenvalue weighted by Crippen LogP contribution is -2.38. The summed E-state index contributed by atoms with van der Waals surface area (Å²) in [4.78, 5) is 25.2. The van der Waals surface area contributed by atoms with Gasteiger partial charge in [-0.05, 0) is 39.0 Å². The van der Waals surface area contributed by atoms with Crippen LogP contribution in [0.15, 0.2) is 24.3 Å². The molecule has 0 aliphatic carbocycles. The molecule has 0 aromatic heterocycles. The molecule has 1 aromatic rings. The van der Waals surface area contributed by atoms with Crippen LogP contribution in [0.2, 0.25) is 0 Å². The maximum atomic E-state index is 13.2. The number of amides is 1. The van der Waals surface area contributed by atoms with Crippen LogP contribution in [0.25, 0.3) is 0 Å². The fraction of sp³-hybridized carbons (Fsp3) is 0.467. The maximum absolute atomic E-state index is 13.2. The average Bonchev–Trinajstić information content (AvgIpc) is 2.38. The number of rotatable bonds is 6. The van der Waals surface area contributed by atoms with E-state index in [0.29, 0.717) is 6.61 Å². The van der Waals surface area contributed by atoms with E-state index in [-0.39, 0.29) is 36.4 Å². The van der Waals surface area contributed by atoms with Gasteiger partial charge in [0.25, 0.3) is 5.91 Å². The highest BCUT2D eigenvalue weighted by Gasteiger charge is 2.20. The van der Waals surface area contributed by atoms with Crippen LogP contribution in [-0.2, 0) is 9.53 Å². The molecule has 5 heteroatoms. The zero-order valence-corrected chi connectivity index (χ0v) is 12.1. The number of carbonyl (C=O) groups excluding carboxylic acids is 2. The van der Waals surface area contributed by atoms with Crippen LogP contribution in [0.3, 0.4) is 0 Å². The van der Waals surface area contributed by atoms with E-state index in [0.717, 1.165) is 0 Å². The predicted molar refractivity (Wildman–Crippen MR) is 73.8 cm³/mol.